The molecular weight excluding hydrogens is 200 g/mol. The molecule has 1 unspecified atom stereocenters. The van der Waals surface area contributed by atoms with Crippen LogP contribution in [0.3, 0.4) is 0 Å². The molecule has 1 heterocycles. The molecule has 16 heavy (non-hydrogen) atoms. The van der Waals surface area contributed by atoms with E-state index < -0.39 is 0 Å². The van der Waals surface area contributed by atoms with Crippen LogP contribution in [-0.2, 0) is 4.79 Å². The van der Waals surface area contributed by atoms with Crippen molar-refractivity contribution in [2.45, 2.75) is 41.0 Å². The van der Waals surface area contributed by atoms with Gasteiger partial charge < -0.3 is 10.2 Å². The summed E-state index contributed by atoms with van der Waals surface area (Å²) in [5.74, 6) is 0.694. The minimum absolute atomic E-state index is 0.195. The van der Waals surface area contributed by atoms with Crippen LogP contribution in [0.2, 0.25) is 0 Å². The molecule has 0 aromatic carbocycles. The first-order valence-corrected chi connectivity index (χ1v) is 6.41. The van der Waals surface area contributed by atoms with Gasteiger partial charge in [-0.05, 0) is 25.3 Å². The highest BCUT2D eigenvalue weighted by Gasteiger charge is 2.38. The van der Waals surface area contributed by atoms with Gasteiger partial charge in [0.2, 0.25) is 5.91 Å². The van der Waals surface area contributed by atoms with E-state index in [9.17, 15) is 4.79 Å². The van der Waals surface area contributed by atoms with Crippen molar-refractivity contribution in [1.29, 1.82) is 0 Å². The van der Waals surface area contributed by atoms with Crippen molar-refractivity contribution in [2.75, 3.05) is 26.7 Å². The van der Waals surface area contributed by atoms with Crippen LogP contribution in [0.25, 0.3) is 0 Å². The van der Waals surface area contributed by atoms with Crippen LogP contribution in [0, 0.1) is 11.3 Å². The van der Waals surface area contributed by atoms with Crippen LogP contribution in [0.4, 0.5) is 0 Å². The van der Waals surface area contributed by atoms with Gasteiger partial charge in [0.25, 0.3) is 0 Å². The quantitative estimate of drug-likeness (QED) is 0.802. The Labute approximate surface area is 101 Å². The average molecular weight is 228 g/mol. The van der Waals surface area contributed by atoms with E-state index in [1.165, 1.54) is 0 Å². The van der Waals surface area contributed by atoms with Crippen molar-refractivity contribution in [3.8, 4) is 0 Å². The molecule has 96 valence electrons. The van der Waals surface area contributed by atoms with Crippen molar-refractivity contribution in [3.63, 3.8) is 0 Å². The van der Waals surface area contributed by atoms with E-state index >= 15 is 0 Å². The molecule has 0 saturated carbocycles. The molecule has 1 rings (SSSR count). The first-order valence-electron chi connectivity index (χ1n) is 6.41. The van der Waals surface area contributed by atoms with Gasteiger partial charge in [0.1, 0.15) is 0 Å². The molecule has 0 aromatic rings. The largest absolute Gasteiger partial charge is 0.356 e. The monoisotopic (exact) mass is 228 g/mol. The van der Waals surface area contributed by atoms with Gasteiger partial charge in [-0.15, -0.1) is 0 Å². The van der Waals surface area contributed by atoms with Gasteiger partial charge in [-0.25, -0.2) is 0 Å². The highest BCUT2D eigenvalue weighted by Crippen LogP contribution is 2.36. The van der Waals surface area contributed by atoms with E-state index in [-0.39, 0.29) is 11.3 Å². The number of nitrogens with zero attached hydrogens (tertiary/aromatic N) is 1. The van der Waals surface area contributed by atoms with E-state index in [4.69, 9.17) is 0 Å². The third-order valence-corrected chi connectivity index (χ3v) is 3.12. The number of likely N-dealkylation sites (tertiary alicyclic amines) is 1. The van der Waals surface area contributed by atoms with Gasteiger partial charge in [0, 0.05) is 26.1 Å². The number of hydrogen-bond acceptors (Lipinski definition) is 2. The SMILES string of the molecule is CC.CCNC(=O)CC1CN(C)CC1(C)C. The third-order valence-electron chi connectivity index (χ3n) is 3.12. The molecule has 3 nitrogen and oxygen atoms in total. The average Bonchev–Trinajstić information content (AvgIpc) is 2.43. The Balaban J connectivity index is 0.00000106. The molecule has 1 amide bonds. The van der Waals surface area contributed by atoms with Gasteiger partial charge >= 0.3 is 0 Å². The Kier molecular flexibility index (Phi) is 6.65. The predicted octanol–water partition coefficient (Wildman–Crippen LogP) is 2.13. The fourth-order valence-electron chi connectivity index (χ4n) is 2.35. The molecule has 0 bridgehead atoms. The zero-order valence-corrected chi connectivity index (χ0v) is 11.8. The van der Waals surface area contributed by atoms with Crippen LogP contribution < -0.4 is 5.32 Å². The fraction of sp³-hybridized carbons (Fsp3) is 0.923. The summed E-state index contributed by atoms with van der Waals surface area (Å²) in [6.07, 6.45) is 0.672. The maximum absolute atomic E-state index is 11.5. The Morgan fingerprint density at radius 2 is 2.00 bits per heavy atom. The zero-order valence-electron chi connectivity index (χ0n) is 11.8. The van der Waals surface area contributed by atoms with E-state index in [2.05, 4.69) is 31.1 Å². The number of hydrogen-bond donors (Lipinski definition) is 1. The number of nitrogens with one attached hydrogen (secondary N) is 1. The maximum Gasteiger partial charge on any atom is 0.220 e. The van der Waals surface area contributed by atoms with Gasteiger partial charge in [-0.3, -0.25) is 4.79 Å². The highest BCUT2D eigenvalue weighted by molar-refractivity contribution is 5.76. The summed E-state index contributed by atoms with van der Waals surface area (Å²) < 4.78 is 0. The minimum Gasteiger partial charge on any atom is -0.356 e. The summed E-state index contributed by atoms with van der Waals surface area (Å²) >= 11 is 0. The maximum atomic E-state index is 11.5. The Hall–Kier alpha value is -0.570. The number of amides is 1. The Morgan fingerprint density at radius 1 is 1.44 bits per heavy atom. The molecule has 0 radical (unpaired) electrons. The Morgan fingerprint density at radius 3 is 2.38 bits per heavy atom. The molecule has 3 heteroatoms. The molecular formula is C13H28N2O. The lowest BCUT2D eigenvalue weighted by molar-refractivity contribution is -0.122. The molecule has 0 aromatic heterocycles. The van der Waals surface area contributed by atoms with Crippen LogP contribution in [0.5, 0.6) is 0 Å². The summed E-state index contributed by atoms with van der Waals surface area (Å²) in [5.41, 5.74) is 0.278. The molecule has 1 saturated heterocycles. The van der Waals surface area contributed by atoms with Gasteiger partial charge in [-0.1, -0.05) is 27.7 Å². The lowest BCUT2D eigenvalue weighted by Crippen LogP contribution is -2.30. The molecule has 0 spiro atoms. The standard InChI is InChI=1S/C11H22N2O.C2H6/c1-5-12-10(14)6-9-7-13(4)8-11(9,2)3;1-2/h9H,5-8H2,1-4H3,(H,12,14);1-2H3. The fourth-order valence-corrected chi connectivity index (χ4v) is 2.35. The summed E-state index contributed by atoms with van der Waals surface area (Å²) in [6, 6.07) is 0. The van der Waals surface area contributed by atoms with Gasteiger partial charge in [0.05, 0.1) is 0 Å². The molecule has 1 N–H and O–H groups in total. The summed E-state index contributed by atoms with van der Waals surface area (Å²) in [6.45, 7) is 13.3. The number of rotatable bonds is 3. The lowest BCUT2D eigenvalue weighted by Gasteiger charge is -2.25. The second-order valence-corrected chi connectivity index (χ2v) is 5.04. The van der Waals surface area contributed by atoms with E-state index in [1.54, 1.807) is 0 Å². The number of carbonyl (C=O) groups excluding carboxylic acids is 1. The molecule has 1 fully saturated rings. The summed E-state index contributed by atoms with van der Waals surface area (Å²) in [5, 5.41) is 2.87. The second-order valence-electron chi connectivity index (χ2n) is 5.04. The van der Waals surface area contributed by atoms with Crippen LogP contribution in [0.15, 0.2) is 0 Å². The second kappa shape index (κ2) is 6.89. The van der Waals surface area contributed by atoms with Crippen LogP contribution in [-0.4, -0.2) is 37.5 Å². The van der Waals surface area contributed by atoms with Crippen LogP contribution >= 0.6 is 0 Å². The van der Waals surface area contributed by atoms with E-state index in [0.717, 1.165) is 19.6 Å². The molecule has 1 aliphatic heterocycles. The van der Waals surface area contributed by atoms with Gasteiger partial charge in [-0.2, -0.15) is 0 Å². The van der Waals surface area contributed by atoms with Crippen molar-refractivity contribution in [3.05, 3.63) is 0 Å². The molecule has 1 aliphatic rings. The highest BCUT2D eigenvalue weighted by atomic mass is 16.1. The van der Waals surface area contributed by atoms with Crippen molar-refractivity contribution < 1.29 is 4.79 Å². The lowest BCUT2D eigenvalue weighted by atomic mass is 9.80. The molecule has 1 atom stereocenters. The molecule has 0 aliphatic carbocycles. The van der Waals surface area contributed by atoms with Crippen molar-refractivity contribution >= 4 is 5.91 Å². The van der Waals surface area contributed by atoms with E-state index in [0.29, 0.717) is 12.3 Å². The third kappa shape index (κ3) is 4.52. The smallest absolute Gasteiger partial charge is 0.220 e. The van der Waals surface area contributed by atoms with Gasteiger partial charge in [0.15, 0.2) is 0 Å². The van der Waals surface area contributed by atoms with Crippen molar-refractivity contribution in [1.82, 2.24) is 10.2 Å². The topological polar surface area (TPSA) is 32.3 Å². The van der Waals surface area contributed by atoms with Crippen molar-refractivity contribution in [2.24, 2.45) is 11.3 Å². The normalized spacial score (nSPS) is 23.5. The Bertz CT molecular complexity index is 214. The zero-order chi connectivity index (χ0) is 12.8. The minimum atomic E-state index is 0.195. The summed E-state index contributed by atoms with van der Waals surface area (Å²) in [4.78, 5) is 13.8. The summed E-state index contributed by atoms with van der Waals surface area (Å²) in [7, 11) is 2.12. The van der Waals surface area contributed by atoms with E-state index in [1.807, 2.05) is 20.8 Å². The van der Waals surface area contributed by atoms with Crippen LogP contribution in [0.1, 0.15) is 41.0 Å². The first-order chi connectivity index (χ1) is 7.45. The predicted molar refractivity (Wildman–Crippen MR) is 69.4 cm³/mol. The number of carbonyl (C=O) groups is 1. The first kappa shape index (κ1) is 15.4.